The molecule has 29 heavy (non-hydrogen) atoms. The second-order valence-electron chi connectivity index (χ2n) is 8.32. The number of carboxylic acids is 1. The summed E-state index contributed by atoms with van der Waals surface area (Å²) in [6.07, 6.45) is 0.545. The summed E-state index contributed by atoms with van der Waals surface area (Å²) in [7, 11) is -3.72. The number of alkyl carbamates (subject to hydrolysis) is 1. The van der Waals surface area contributed by atoms with Crippen molar-refractivity contribution in [3.05, 3.63) is 35.9 Å². The first-order valence-electron chi connectivity index (χ1n) is 9.70. The second-order valence-corrected chi connectivity index (χ2v) is 10.3. The van der Waals surface area contributed by atoms with Crippen LogP contribution in [0.1, 0.15) is 39.2 Å². The molecule has 162 valence electrons. The van der Waals surface area contributed by atoms with Gasteiger partial charge in [-0.15, -0.1) is 0 Å². The Labute approximate surface area is 172 Å². The highest BCUT2D eigenvalue weighted by atomic mass is 32.2. The van der Waals surface area contributed by atoms with Gasteiger partial charge in [-0.3, -0.25) is 4.79 Å². The molecular formula is C20H30N2O6S. The average molecular weight is 427 g/mol. The van der Waals surface area contributed by atoms with Crippen LogP contribution in [0.15, 0.2) is 30.3 Å². The van der Waals surface area contributed by atoms with Crippen LogP contribution in [0.3, 0.4) is 0 Å². The van der Waals surface area contributed by atoms with E-state index in [0.29, 0.717) is 12.8 Å². The molecule has 2 rings (SSSR count). The van der Waals surface area contributed by atoms with Crippen LogP contribution in [0.4, 0.5) is 4.79 Å². The van der Waals surface area contributed by atoms with Gasteiger partial charge in [0.15, 0.2) is 0 Å². The summed E-state index contributed by atoms with van der Waals surface area (Å²) < 4.78 is 32.1. The summed E-state index contributed by atoms with van der Waals surface area (Å²) in [6, 6.07) is 8.82. The monoisotopic (exact) mass is 426 g/mol. The predicted octanol–water partition coefficient (Wildman–Crippen LogP) is 2.25. The minimum absolute atomic E-state index is 0.159. The van der Waals surface area contributed by atoms with Crippen molar-refractivity contribution in [3.8, 4) is 0 Å². The van der Waals surface area contributed by atoms with Crippen molar-refractivity contribution in [3.63, 3.8) is 0 Å². The van der Waals surface area contributed by atoms with E-state index in [2.05, 4.69) is 5.32 Å². The molecule has 1 unspecified atom stereocenters. The van der Waals surface area contributed by atoms with Crippen LogP contribution in [0.25, 0.3) is 0 Å². The zero-order valence-corrected chi connectivity index (χ0v) is 17.9. The number of carbonyl (C=O) groups excluding carboxylic acids is 1. The molecule has 1 saturated heterocycles. The highest BCUT2D eigenvalue weighted by Gasteiger charge is 2.33. The fourth-order valence-electron chi connectivity index (χ4n) is 3.23. The van der Waals surface area contributed by atoms with Gasteiger partial charge in [-0.25, -0.2) is 17.5 Å². The topological polar surface area (TPSA) is 113 Å². The maximum Gasteiger partial charge on any atom is 0.407 e. The van der Waals surface area contributed by atoms with E-state index in [-0.39, 0.29) is 25.6 Å². The Bertz CT molecular complexity index is 796. The molecule has 0 bridgehead atoms. The molecule has 9 heteroatoms. The van der Waals surface area contributed by atoms with Gasteiger partial charge in [0.25, 0.3) is 0 Å². The molecule has 0 saturated carbocycles. The Balaban J connectivity index is 1.91. The van der Waals surface area contributed by atoms with Crippen LogP contribution in [-0.2, 0) is 26.0 Å². The molecule has 1 fully saturated rings. The molecule has 0 radical (unpaired) electrons. The number of hydrogen-bond donors (Lipinski definition) is 2. The molecule has 1 aromatic carbocycles. The van der Waals surface area contributed by atoms with Gasteiger partial charge in [0.05, 0.1) is 11.7 Å². The van der Waals surface area contributed by atoms with Crippen molar-refractivity contribution >= 4 is 22.1 Å². The summed E-state index contributed by atoms with van der Waals surface area (Å²) in [6.45, 7) is 5.79. The van der Waals surface area contributed by atoms with Crippen LogP contribution in [0.2, 0.25) is 0 Å². The van der Waals surface area contributed by atoms with E-state index in [1.54, 1.807) is 45.0 Å². The van der Waals surface area contributed by atoms with Gasteiger partial charge >= 0.3 is 12.1 Å². The first-order chi connectivity index (χ1) is 13.5. The zero-order valence-electron chi connectivity index (χ0n) is 17.1. The van der Waals surface area contributed by atoms with Gasteiger partial charge in [-0.2, -0.15) is 0 Å². The number of carboxylic acid groups (broad SMARTS) is 1. The summed E-state index contributed by atoms with van der Waals surface area (Å²) in [5, 5.41) is 12.2. The Kier molecular flexibility index (Phi) is 7.65. The SMILES string of the molecule is CC(C)(C)OC(=O)NC1CCN(S(=O)(=O)CC(Cc2ccccc2)C(=O)O)CC1. The van der Waals surface area contributed by atoms with Crippen LogP contribution in [0.5, 0.6) is 0 Å². The van der Waals surface area contributed by atoms with Crippen molar-refractivity contribution in [1.82, 2.24) is 9.62 Å². The number of nitrogens with one attached hydrogen (secondary N) is 1. The minimum Gasteiger partial charge on any atom is -0.481 e. The Hall–Kier alpha value is -2.13. The Morgan fingerprint density at radius 3 is 2.31 bits per heavy atom. The number of aliphatic carboxylic acids is 1. The van der Waals surface area contributed by atoms with Crippen LogP contribution in [-0.4, -0.2) is 60.4 Å². The maximum atomic E-state index is 12.8. The third-order valence-electron chi connectivity index (χ3n) is 4.65. The van der Waals surface area contributed by atoms with Crippen molar-refractivity contribution in [2.45, 2.75) is 51.7 Å². The van der Waals surface area contributed by atoms with E-state index in [1.165, 1.54) is 4.31 Å². The molecule has 0 spiro atoms. The van der Waals surface area contributed by atoms with E-state index in [1.807, 2.05) is 6.07 Å². The Morgan fingerprint density at radius 1 is 1.21 bits per heavy atom. The van der Waals surface area contributed by atoms with Crippen LogP contribution in [0, 0.1) is 5.92 Å². The number of benzene rings is 1. The van der Waals surface area contributed by atoms with Gasteiger partial charge in [-0.05, 0) is 45.6 Å². The lowest BCUT2D eigenvalue weighted by molar-refractivity contribution is -0.140. The molecule has 1 amide bonds. The maximum absolute atomic E-state index is 12.8. The lowest BCUT2D eigenvalue weighted by atomic mass is 10.0. The number of nitrogens with zero attached hydrogens (tertiary/aromatic N) is 1. The molecule has 1 aliphatic rings. The number of hydrogen-bond acceptors (Lipinski definition) is 5. The summed E-state index contributed by atoms with van der Waals surface area (Å²) in [4.78, 5) is 23.5. The highest BCUT2D eigenvalue weighted by Crippen LogP contribution is 2.19. The van der Waals surface area contributed by atoms with Gasteiger partial charge in [0, 0.05) is 19.1 Å². The first kappa shape index (κ1) is 23.2. The van der Waals surface area contributed by atoms with E-state index in [0.717, 1.165) is 5.56 Å². The standard InChI is InChI=1S/C20H30N2O6S/c1-20(2,3)28-19(25)21-17-9-11-22(12-10-17)29(26,27)14-16(18(23)24)13-15-7-5-4-6-8-15/h4-8,16-17H,9-14H2,1-3H3,(H,21,25)(H,23,24). The second kappa shape index (κ2) is 9.58. The number of amides is 1. The molecule has 0 aromatic heterocycles. The largest absolute Gasteiger partial charge is 0.481 e. The van der Waals surface area contributed by atoms with Crippen LogP contribution >= 0.6 is 0 Å². The number of sulfonamides is 1. The Morgan fingerprint density at radius 2 is 1.79 bits per heavy atom. The molecule has 2 N–H and O–H groups in total. The lowest BCUT2D eigenvalue weighted by Gasteiger charge is -2.32. The fourth-order valence-corrected chi connectivity index (χ4v) is 4.98. The fraction of sp³-hybridized carbons (Fsp3) is 0.600. The van der Waals surface area contributed by atoms with Gasteiger partial charge < -0.3 is 15.2 Å². The van der Waals surface area contributed by atoms with Crippen LogP contribution < -0.4 is 5.32 Å². The van der Waals surface area contributed by atoms with Crippen molar-refractivity contribution in [1.29, 1.82) is 0 Å². The molecule has 1 atom stereocenters. The summed E-state index contributed by atoms with van der Waals surface area (Å²) >= 11 is 0. The van der Waals surface area contributed by atoms with Crippen molar-refractivity contribution in [2.24, 2.45) is 5.92 Å². The number of rotatable bonds is 7. The third-order valence-corrected chi connectivity index (χ3v) is 6.63. The van der Waals surface area contributed by atoms with Gasteiger partial charge in [-0.1, -0.05) is 30.3 Å². The quantitative estimate of drug-likeness (QED) is 0.691. The third kappa shape index (κ3) is 7.66. The molecule has 0 aliphatic carbocycles. The zero-order chi connectivity index (χ0) is 21.7. The molecule has 1 heterocycles. The molecule has 1 aromatic rings. The minimum atomic E-state index is -3.72. The van der Waals surface area contributed by atoms with Crippen molar-refractivity contribution in [2.75, 3.05) is 18.8 Å². The molecule has 1 aliphatic heterocycles. The van der Waals surface area contributed by atoms with E-state index in [9.17, 15) is 23.1 Å². The molecule has 8 nitrogen and oxygen atoms in total. The summed E-state index contributed by atoms with van der Waals surface area (Å²) in [5.41, 5.74) is 0.189. The van der Waals surface area contributed by atoms with E-state index >= 15 is 0 Å². The number of piperidine rings is 1. The normalized spacial score (nSPS) is 17.5. The first-order valence-corrected chi connectivity index (χ1v) is 11.3. The lowest BCUT2D eigenvalue weighted by Crippen LogP contribution is -2.48. The molecular weight excluding hydrogens is 396 g/mol. The highest BCUT2D eigenvalue weighted by molar-refractivity contribution is 7.89. The summed E-state index contributed by atoms with van der Waals surface area (Å²) in [5.74, 6) is -2.58. The average Bonchev–Trinajstić information content (AvgIpc) is 2.60. The number of carbonyl (C=O) groups is 2. The smallest absolute Gasteiger partial charge is 0.407 e. The van der Waals surface area contributed by atoms with E-state index in [4.69, 9.17) is 4.74 Å². The number of ether oxygens (including phenoxy) is 1. The predicted molar refractivity (Wildman–Crippen MR) is 109 cm³/mol. The van der Waals surface area contributed by atoms with Gasteiger partial charge in [0.1, 0.15) is 5.60 Å². The van der Waals surface area contributed by atoms with Crippen molar-refractivity contribution < 1.29 is 27.9 Å². The van der Waals surface area contributed by atoms with E-state index < -0.39 is 39.4 Å². The van der Waals surface area contributed by atoms with Gasteiger partial charge in [0.2, 0.25) is 10.0 Å².